The van der Waals surface area contributed by atoms with Crippen molar-refractivity contribution in [1.82, 2.24) is 10.4 Å². The molecule has 2 aromatic carbocycles. The standard InChI is InChI=1S/C25H29ClN4O6/c1-3-14(15-4-6-19(25(33)34)20(27)10-15)11-23(31)30-13-22(29-35)28-12-17(24(30)32)8-16-9-18(26)5-7-21(16)36-2/h4-7,9-10,14,17,35H,3,8,11-13,27H2,1-2H3,(H,28,29)(H,33,34)/t14-,17?/m0/s1. The van der Waals surface area contributed by atoms with Crippen molar-refractivity contribution in [2.75, 3.05) is 25.9 Å². The van der Waals surface area contributed by atoms with Gasteiger partial charge in [0, 0.05) is 17.1 Å². The summed E-state index contributed by atoms with van der Waals surface area (Å²) < 4.78 is 5.39. The van der Waals surface area contributed by atoms with Gasteiger partial charge >= 0.3 is 5.97 Å². The van der Waals surface area contributed by atoms with Crippen molar-refractivity contribution >= 4 is 40.9 Å². The number of amides is 2. The summed E-state index contributed by atoms with van der Waals surface area (Å²) in [5.74, 6) is -2.32. The molecule has 3 rings (SSSR count). The predicted octanol–water partition coefficient (Wildman–Crippen LogP) is 3.12. The summed E-state index contributed by atoms with van der Waals surface area (Å²) >= 11 is 6.14. The second-order valence-electron chi connectivity index (χ2n) is 8.54. The summed E-state index contributed by atoms with van der Waals surface area (Å²) in [6, 6.07) is 9.68. The minimum absolute atomic E-state index is 0.0139. The lowest BCUT2D eigenvalue weighted by atomic mass is 9.91. The maximum absolute atomic E-state index is 13.5. The van der Waals surface area contributed by atoms with E-state index in [0.717, 1.165) is 4.90 Å². The number of aliphatic imine (C=N–C) groups is 1. The van der Waals surface area contributed by atoms with Crippen molar-refractivity contribution in [3.05, 3.63) is 58.1 Å². The highest BCUT2D eigenvalue weighted by atomic mass is 35.5. The van der Waals surface area contributed by atoms with Gasteiger partial charge in [-0.2, -0.15) is 0 Å². The van der Waals surface area contributed by atoms with Crippen molar-refractivity contribution in [3.8, 4) is 5.75 Å². The number of nitrogen functional groups attached to an aromatic ring is 1. The third-order valence-electron chi connectivity index (χ3n) is 6.26. The molecular weight excluding hydrogens is 488 g/mol. The Morgan fingerprint density at radius 3 is 2.67 bits per heavy atom. The van der Waals surface area contributed by atoms with Gasteiger partial charge in [0.25, 0.3) is 0 Å². The number of ether oxygens (including phenoxy) is 1. The Hall–Kier alpha value is -3.63. The summed E-state index contributed by atoms with van der Waals surface area (Å²) in [7, 11) is 1.52. The fourth-order valence-corrected chi connectivity index (χ4v) is 4.45. The van der Waals surface area contributed by atoms with Gasteiger partial charge in [0.1, 0.15) is 11.6 Å². The van der Waals surface area contributed by atoms with E-state index in [-0.39, 0.29) is 48.9 Å². The van der Waals surface area contributed by atoms with Crippen molar-refractivity contribution < 1.29 is 29.4 Å². The van der Waals surface area contributed by atoms with E-state index >= 15 is 0 Å². The molecule has 2 amide bonds. The molecule has 1 unspecified atom stereocenters. The summed E-state index contributed by atoms with van der Waals surface area (Å²) in [6.07, 6.45) is 0.779. The van der Waals surface area contributed by atoms with Crippen LogP contribution in [0.2, 0.25) is 5.02 Å². The van der Waals surface area contributed by atoms with Crippen LogP contribution in [0.15, 0.2) is 41.4 Å². The average molecular weight is 517 g/mol. The third-order valence-corrected chi connectivity index (χ3v) is 6.49. The molecule has 1 heterocycles. The van der Waals surface area contributed by atoms with Gasteiger partial charge in [-0.25, -0.2) is 4.79 Å². The Kier molecular flexibility index (Phi) is 8.89. The number of anilines is 1. The Morgan fingerprint density at radius 1 is 1.31 bits per heavy atom. The number of carboxylic acids is 1. The Balaban J connectivity index is 1.84. The van der Waals surface area contributed by atoms with E-state index in [9.17, 15) is 24.7 Å². The first-order chi connectivity index (χ1) is 17.2. The summed E-state index contributed by atoms with van der Waals surface area (Å²) in [5, 5.41) is 19.2. The number of imide groups is 1. The molecule has 0 aliphatic carbocycles. The number of amidine groups is 1. The van der Waals surface area contributed by atoms with Gasteiger partial charge in [0.15, 0.2) is 0 Å². The van der Waals surface area contributed by atoms with E-state index < -0.39 is 23.7 Å². The van der Waals surface area contributed by atoms with Crippen molar-refractivity contribution in [3.63, 3.8) is 0 Å². The van der Waals surface area contributed by atoms with Gasteiger partial charge in [-0.15, -0.1) is 0 Å². The summed E-state index contributed by atoms with van der Waals surface area (Å²) in [4.78, 5) is 43.5. The zero-order chi connectivity index (χ0) is 26.4. The molecule has 1 aliphatic rings. The maximum atomic E-state index is 13.5. The lowest BCUT2D eigenvalue weighted by molar-refractivity contribution is -0.146. The number of carbonyl (C=O) groups is 3. The average Bonchev–Trinajstić information content (AvgIpc) is 3.01. The highest BCUT2D eigenvalue weighted by molar-refractivity contribution is 6.30. The normalized spacial score (nSPS) is 16.7. The van der Waals surface area contributed by atoms with Crippen LogP contribution in [0.4, 0.5) is 5.69 Å². The van der Waals surface area contributed by atoms with E-state index in [0.29, 0.717) is 28.3 Å². The second kappa shape index (κ2) is 11.9. The third kappa shape index (κ3) is 6.13. The number of nitrogens with one attached hydrogen (secondary N) is 1. The predicted molar refractivity (Wildman–Crippen MR) is 135 cm³/mol. The van der Waals surface area contributed by atoms with Gasteiger partial charge in [-0.05, 0) is 60.2 Å². The van der Waals surface area contributed by atoms with Crippen LogP contribution in [0, 0.1) is 5.92 Å². The number of hydrogen-bond donors (Lipinski definition) is 4. The van der Waals surface area contributed by atoms with Crippen molar-refractivity contribution in [1.29, 1.82) is 0 Å². The van der Waals surface area contributed by atoms with Crippen molar-refractivity contribution in [2.45, 2.75) is 32.1 Å². The minimum Gasteiger partial charge on any atom is -0.496 e. The second-order valence-corrected chi connectivity index (χ2v) is 8.97. The number of nitrogens with zero attached hydrogens (tertiary/aromatic N) is 2. The molecule has 0 aromatic heterocycles. The van der Waals surface area contributed by atoms with Crippen LogP contribution >= 0.6 is 11.6 Å². The fourth-order valence-electron chi connectivity index (χ4n) is 4.25. The van der Waals surface area contributed by atoms with Gasteiger partial charge < -0.3 is 15.6 Å². The molecule has 11 heteroatoms. The van der Waals surface area contributed by atoms with E-state index in [1.54, 1.807) is 30.3 Å². The first kappa shape index (κ1) is 27.0. The summed E-state index contributed by atoms with van der Waals surface area (Å²) in [5.41, 5.74) is 9.35. The molecule has 0 fully saturated rings. The molecule has 0 spiro atoms. The van der Waals surface area contributed by atoms with Crippen molar-refractivity contribution in [2.24, 2.45) is 10.9 Å². The fraction of sp³-hybridized carbons (Fsp3) is 0.360. The van der Waals surface area contributed by atoms with E-state index in [1.165, 1.54) is 13.2 Å². The molecule has 192 valence electrons. The van der Waals surface area contributed by atoms with Crippen LogP contribution in [0.3, 0.4) is 0 Å². The monoisotopic (exact) mass is 516 g/mol. The number of rotatable bonds is 8. The van der Waals surface area contributed by atoms with E-state index in [2.05, 4.69) is 4.99 Å². The lowest BCUT2D eigenvalue weighted by Crippen LogP contribution is -2.45. The number of carboxylic acid groups (broad SMARTS) is 1. The molecule has 2 aromatic rings. The number of halogens is 1. The molecule has 10 nitrogen and oxygen atoms in total. The van der Waals surface area contributed by atoms with E-state index in [4.69, 9.17) is 22.1 Å². The van der Waals surface area contributed by atoms with Crippen LogP contribution < -0.4 is 16.0 Å². The van der Waals surface area contributed by atoms with Gasteiger partial charge in [-0.3, -0.25) is 30.2 Å². The SMILES string of the molecule is CC[C@@H](CC(=O)N1CC(NO)=NCC(Cc2cc(Cl)ccc2OC)C1=O)c1ccc(C(=O)O)c(N)c1. The molecule has 0 saturated carbocycles. The smallest absolute Gasteiger partial charge is 0.337 e. The molecule has 0 radical (unpaired) electrons. The zero-order valence-corrected chi connectivity index (χ0v) is 20.8. The number of carbonyl (C=O) groups excluding carboxylic acids is 2. The Labute approximate surface area is 213 Å². The van der Waals surface area contributed by atoms with Crippen LogP contribution in [0.25, 0.3) is 0 Å². The number of benzene rings is 2. The van der Waals surface area contributed by atoms with Gasteiger partial charge in [0.2, 0.25) is 11.8 Å². The quantitative estimate of drug-likeness (QED) is 0.308. The number of nitrogens with two attached hydrogens (primary N) is 1. The minimum atomic E-state index is -1.14. The number of methoxy groups -OCH3 is 1. The highest BCUT2D eigenvalue weighted by Gasteiger charge is 2.34. The number of hydrogen-bond acceptors (Lipinski definition) is 8. The first-order valence-corrected chi connectivity index (χ1v) is 11.8. The van der Waals surface area contributed by atoms with Crippen LogP contribution in [0.1, 0.15) is 47.2 Å². The molecule has 5 N–H and O–H groups in total. The van der Waals surface area contributed by atoms with Gasteiger partial charge in [-0.1, -0.05) is 24.6 Å². The molecular formula is C25H29ClN4O6. The Bertz CT molecular complexity index is 1190. The zero-order valence-electron chi connectivity index (χ0n) is 20.0. The first-order valence-electron chi connectivity index (χ1n) is 11.4. The molecule has 1 aliphatic heterocycles. The molecule has 0 saturated heterocycles. The highest BCUT2D eigenvalue weighted by Crippen LogP contribution is 2.30. The van der Waals surface area contributed by atoms with Crippen LogP contribution in [0.5, 0.6) is 5.75 Å². The molecule has 0 bridgehead atoms. The number of hydroxylamine groups is 1. The lowest BCUT2D eigenvalue weighted by Gasteiger charge is -2.25. The summed E-state index contributed by atoms with van der Waals surface area (Å²) in [6.45, 7) is 1.75. The largest absolute Gasteiger partial charge is 0.496 e. The van der Waals surface area contributed by atoms with Crippen LogP contribution in [-0.4, -0.2) is 59.0 Å². The number of aromatic carboxylic acids is 1. The van der Waals surface area contributed by atoms with Gasteiger partial charge in [0.05, 0.1) is 31.7 Å². The topological polar surface area (TPSA) is 155 Å². The van der Waals surface area contributed by atoms with E-state index in [1.807, 2.05) is 12.4 Å². The van der Waals surface area contributed by atoms with Crippen LogP contribution in [-0.2, 0) is 16.0 Å². The molecule has 36 heavy (non-hydrogen) atoms. The Morgan fingerprint density at radius 2 is 2.06 bits per heavy atom. The molecule has 2 atom stereocenters. The maximum Gasteiger partial charge on any atom is 0.337 e.